The minimum atomic E-state index is -3.52. The number of carbonyl (C=O) groups is 1. The van der Waals surface area contributed by atoms with Crippen LogP contribution in [0.4, 0.5) is 0 Å². The van der Waals surface area contributed by atoms with Gasteiger partial charge in [-0.3, -0.25) is 4.79 Å². The maximum atomic E-state index is 13.0. The zero-order valence-corrected chi connectivity index (χ0v) is 19.5. The summed E-state index contributed by atoms with van der Waals surface area (Å²) in [5, 5.41) is 0. The van der Waals surface area contributed by atoms with Crippen molar-refractivity contribution in [3.05, 3.63) is 50.1 Å². The molecule has 1 aliphatic heterocycles. The molecule has 2 aromatic rings. The number of carbonyl (C=O) groups excluding carboxylic acids is 1. The van der Waals surface area contributed by atoms with Crippen LogP contribution in [-0.4, -0.2) is 43.7 Å². The number of piperidine rings is 1. The second kappa shape index (κ2) is 8.65. The number of halogens is 1. The highest BCUT2D eigenvalue weighted by Gasteiger charge is 2.33. The van der Waals surface area contributed by atoms with Crippen molar-refractivity contribution in [2.24, 2.45) is 5.92 Å². The van der Waals surface area contributed by atoms with Crippen molar-refractivity contribution in [2.75, 3.05) is 20.1 Å². The molecule has 0 aliphatic carbocycles. The van der Waals surface area contributed by atoms with Crippen LogP contribution in [0.3, 0.4) is 0 Å². The lowest BCUT2D eigenvalue weighted by molar-refractivity contribution is -0.135. The third kappa shape index (κ3) is 4.67. The highest BCUT2D eigenvalue weighted by molar-refractivity contribution is 9.11. The summed E-state index contributed by atoms with van der Waals surface area (Å²) in [5.74, 6) is -0.0351. The second-order valence-corrected chi connectivity index (χ2v) is 11.8. The molecule has 0 unspecified atom stereocenters. The van der Waals surface area contributed by atoms with E-state index in [1.54, 1.807) is 22.3 Å². The summed E-state index contributed by atoms with van der Waals surface area (Å²) in [4.78, 5) is 16.0. The van der Waals surface area contributed by atoms with Crippen LogP contribution >= 0.6 is 27.3 Å². The molecule has 0 N–H and O–H groups in total. The first kappa shape index (κ1) is 21.5. The first-order chi connectivity index (χ1) is 13.2. The quantitative estimate of drug-likeness (QED) is 0.639. The van der Waals surface area contributed by atoms with Gasteiger partial charge in [0, 0.05) is 30.9 Å². The SMILES string of the molecule is Cc1ccc(S(=O)(=O)N2CCC(C(=O)N(C)Cc3ccc(Br)s3)CC2)c(C)c1. The normalized spacial score (nSPS) is 16.3. The number of thiophene rings is 1. The maximum absolute atomic E-state index is 13.0. The molecule has 152 valence electrons. The van der Waals surface area contributed by atoms with Crippen molar-refractivity contribution in [1.29, 1.82) is 0 Å². The molecule has 5 nitrogen and oxygen atoms in total. The maximum Gasteiger partial charge on any atom is 0.243 e. The molecule has 3 rings (SSSR count). The number of aryl methyl sites for hydroxylation is 2. The van der Waals surface area contributed by atoms with Crippen LogP contribution in [0.1, 0.15) is 28.8 Å². The molecule has 0 bridgehead atoms. The summed E-state index contributed by atoms with van der Waals surface area (Å²) in [7, 11) is -1.71. The van der Waals surface area contributed by atoms with Gasteiger partial charge in [-0.1, -0.05) is 17.7 Å². The molecular formula is C20H25BrN2O3S2. The van der Waals surface area contributed by atoms with E-state index in [9.17, 15) is 13.2 Å². The van der Waals surface area contributed by atoms with Crippen LogP contribution in [0, 0.1) is 19.8 Å². The van der Waals surface area contributed by atoms with Gasteiger partial charge in [-0.15, -0.1) is 11.3 Å². The van der Waals surface area contributed by atoms with Crippen LogP contribution < -0.4 is 0 Å². The molecule has 2 heterocycles. The summed E-state index contributed by atoms with van der Waals surface area (Å²) in [5.41, 5.74) is 1.81. The Morgan fingerprint density at radius 3 is 2.46 bits per heavy atom. The molecule has 0 spiro atoms. The average Bonchev–Trinajstić information content (AvgIpc) is 3.05. The van der Waals surface area contributed by atoms with E-state index in [4.69, 9.17) is 0 Å². The topological polar surface area (TPSA) is 57.7 Å². The fraction of sp³-hybridized carbons (Fsp3) is 0.450. The summed E-state index contributed by atoms with van der Waals surface area (Å²) < 4.78 is 28.6. The molecule has 8 heteroatoms. The van der Waals surface area contributed by atoms with Crippen LogP contribution in [0.25, 0.3) is 0 Å². The fourth-order valence-corrected chi connectivity index (χ4v) is 6.84. The number of benzene rings is 1. The molecule has 1 aliphatic rings. The van der Waals surface area contributed by atoms with Gasteiger partial charge < -0.3 is 4.90 Å². The summed E-state index contributed by atoms with van der Waals surface area (Å²) in [6.45, 7) is 5.12. The number of amides is 1. The van der Waals surface area contributed by atoms with Crippen molar-refractivity contribution in [3.8, 4) is 0 Å². The Morgan fingerprint density at radius 1 is 1.21 bits per heavy atom. The first-order valence-electron chi connectivity index (χ1n) is 9.25. The predicted molar refractivity (Wildman–Crippen MR) is 116 cm³/mol. The summed E-state index contributed by atoms with van der Waals surface area (Å²) in [6.07, 6.45) is 1.11. The Morgan fingerprint density at radius 2 is 1.89 bits per heavy atom. The molecule has 0 radical (unpaired) electrons. The van der Waals surface area contributed by atoms with Crippen molar-refractivity contribution in [3.63, 3.8) is 0 Å². The van der Waals surface area contributed by atoms with Gasteiger partial charge in [0.2, 0.25) is 15.9 Å². The summed E-state index contributed by atoms with van der Waals surface area (Å²) >= 11 is 5.06. The van der Waals surface area contributed by atoms with Crippen molar-refractivity contribution in [1.82, 2.24) is 9.21 Å². The van der Waals surface area contributed by atoms with Gasteiger partial charge in [-0.2, -0.15) is 4.31 Å². The Labute approximate surface area is 179 Å². The van der Waals surface area contributed by atoms with Crippen LogP contribution in [0.2, 0.25) is 0 Å². The first-order valence-corrected chi connectivity index (χ1v) is 12.3. The lowest BCUT2D eigenvalue weighted by Gasteiger charge is -2.32. The molecule has 1 fully saturated rings. The zero-order chi connectivity index (χ0) is 20.5. The van der Waals surface area contributed by atoms with Crippen LogP contribution in [0.15, 0.2) is 39.0 Å². The number of rotatable bonds is 5. The van der Waals surface area contributed by atoms with Crippen molar-refractivity contribution >= 4 is 43.2 Å². The number of sulfonamides is 1. The van der Waals surface area contributed by atoms with E-state index in [1.807, 2.05) is 45.2 Å². The minimum Gasteiger partial charge on any atom is -0.340 e. The molecule has 1 aromatic heterocycles. The van der Waals surface area contributed by atoms with E-state index in [0.29, 0.717) is 37.4 Å². The Hall–Kier alpha value is -1.22. The smallest absolute Gasteiger partial charge is 0.243 e. The molecule has 1 aromatic carbocycles. The number of nitrogens with zero attached hydrogens (tertiary/aromatic N) is 2. The molecular weight excluding hydrogens is 460 g/mol. The molecule has 0 atom stereocenters. The average molecular weight is 485 g/mol. The van der Waals surface area contributed by atoms with Gasteiger partial charge in [0.1, 0.15) is 0 Å². The minimum absolute atomic E-state index is 0.0908. The number of hydrogen-bond donors (Lipinski definition) is 0. The van der Waals surface area contributed by atoms with Crippen molar-refractivity contribution in [2.45, 2.75) is 38.1 Å². The van der Waals surface area contributed by atoms with Crippen molar-refractivity contribution < 1.29 is 13.2 Å². The number of hydrogen-bond acceptors (Lipinski definition) is 4. The predicted octanol–water partition coefficient (Wildman–Crippen LogP) is 4.19. The Balaban J connectivity index is 1.62. The van der Waals surface area contributed by atoms with Crippen LogP contribution in [0.5, 0.6) is 0 Å². The third-order valence-electron chi connectivity index (χ3n) is 5.15. The Bertz CT molecular complexity index is 964. The van der Waals surface area contributed by atoms with E-state index in [1.165, 1.54) is 4.31 Å². The van der Waals surface area contributed by atoms with E-state index >= 15 is 0 Å². The Kier molecular flexibility index (Phi) is 6.64. The zero-order valence-electron chi connectivity index (χ0n) is 16.3. The monoisotopic (exact) mass is 484 g/mol. The van der Waals surface area contributed by atoms with E-state index < -0.39 is 10.0 Å². The van der Waals surface area contributed by atoms with Gasteiger partial charge in [-0.05, 0) is 66.4 Å². The molecule has 1 amide bonds. The lowest BCUT2D eigenvalue weighted by atomic mass is 9.96. The highest BCUT2D eigenvalue weighted by atomic mass is 79.9. The van der Waals surface area contributed by atoms with E-state index in [2.05, 4.69) is 15.9 Å². The standard InChI is InChI=1S/C20H25BrN2O3S2/c1-14-4-6-18(15(2)12-14)28(25,26)23-10-8-16(9-11-23)20(24)22(3)13-17-5-7-19(21)27-17/h4-7,12,16H,8-11,13H2,1-3H3. The molecule has 28 heavy (non-hydrogen) atoms. The molecule has 0 saturated carbocycles. The third-order valence-corrected chi connectivity index (χ3v) is 8.82. The molecule has 1 saturated heterocycles. The van der Waals surface area contributed by atoms with Gasteiger partial charge in [-0.25, -0.2) is 8.42 Å². The lowest BCUT2D eigenvalue weighted by Crippen LogP contribution is -2.43. The highest BCUT2D eigenvalue weighted by Crippen LogP contribution is 2.28. The van der Waals surface area contributed by atoms with Gasteiger partial charge in [0.15, 0.2) is 0 Å². The van der Waals surface area contributed by atoms with Crippen LogP contribution in [-0.2, 0) is 21.4 Å². The van der Waals surface area contributed by atoms with E-state index in [-0.39, 0.29) is 11.8 Å². The fourth-order valence-electron chi connectivity index (χ4n) is 3.63. The van der Waals surface area contributed by atoms with Gasteiger partial charge >= 0.3 is 0 Å². The second-order valence-electron chi connectivity index (χ2n) is 7.35. The largest absolute Gasteiger partial charge is 0.340 e. The van der Waals surface area contributed by atoms with Gasteiger partial charge in [0.25, 0.3) is 0 Å². The van der Waals surface area contributed by atoms with E-state index in [0.717, 1.165) is 19.8 Å². The van der Waals surface area contributed by atoms with Gasteiger partial charge in [0.05, 0.1) is 15.2 Å². The summed E-state index contributed by atoms with van der Waals surface area (Å²) in [6, 6.07) is 9.39.